The average molecular weight is 719 g/mol. The largest absolute Gasteiger partial charge is 0.463 e. The van der Waals surface area contributed by atoms with Crippen LogP contribution in [0, 0.1) is 0 Å². The predicted molar refractivity (Wildman–Crippen MR) is 185 cm³/mol. The number of nitrogens with zero attached hydrogens (tertiary/aromatic N) is 1. The topological polar surface area (TPSA) is 123 Å². The minimum atomic E-state index is -3.60. The van der Waals surface area contributed by atoms with E-state index in [-0.39, 0.29) is 17.5 Å². The summed E-state index contributed by atoms with van der Waals surface area (Å²) in [4.78, 5) is 36.0. The van der Waals surface area contributed by atoms with Gasteiger partial charge in [-0.3, -0.25) is 14.4 Å². The Labute approximate surface area is 292 Å². The molecular weight excluding hydrogens is 677 g/mol. The summed E-state index contributed by atoms with van der Waals surface area (Å²) in [5.41, 5.74) is 5.48. The Bertz CT molecular complexity index is 1760. The molecule has 2 N–H and O–H groups in total. The normalized spacial score (nSPS) is 25.4. The molecule has 0 aromatic heterocycles. The molecule has 0 unspecified atom stereocenters. The first-order chi connectivity index (χ1) is 22.6. The molecule has 2 amide bonds. The zero-order valence-corrected chi connectivity index (χ0v) is 29.8. The molecule has 0 bridgehead atoms. The highest BCUT2D eigenvalue weighted by molar-refractivity contribution is 7.88. The number of rotatable bonds is 9. The fraction of sp³-hybridized carbons (Fsp3) is 0.429. The molecule has 48 heavy (non-hydrogen) atoms. The van der Waals surface area contributed by atoms with Gasteiger partial charge in [0.2, 0.25) is 15.8 Å². The van der Waals surface area contributed by atoms with Crippen LogP contribution < -0.4 is 10.2 Å². The van der Waals surface area contributed by atoms with E-state index in [0.29, 0.717) is 52.5 Å². The van der Waals surface area contributed by atoms with Gasteiger partial charge in [-0.2, -0.15) is 0 Å². The van der Waals surface area contributed by atoms with E-state index in [1.165, 1.54) is 0 Å². The first-order valence-electron chi connectivity index (χ1n) is 15.8. The number of halogens is 2. The van der Waals surface area contributed by atoms with E-state index in [9.17, 15) is 18.0 Å². The molecule has 1 aliphatic carbocycles. The number of amides is 2. The van der Waals surface area contributed by atoms with Crippen LogP contribution in [0.5, 0.6) is 0 Å². The van der Waals surface area contributed by atoms with Crippen LogP contribution in [0.1, 0.15) is 79.9 Å². The number of fused-ring (bicyclic) bond motifs is 1. The molecule has 2 fully saturated rings. The molecule has 2 aromatic carbocycles. The Hall–Kier alpha value is -3.19. The molecule has 10 nitrogen and oxygen atoms in total. The van der Waals surface area contributed by atoms with Gasteiger partial charge in [-0.15, -0.1) is 0 Å². The second-order valence-electron chi connectivity index (χ2n) is 12.9. The van der Waals surface area contributed by atoms with E-state index < -0.39 is 45.8 Å². The maximum Gasteiger partial charge on any atom is 0.255 e. The summed E-state index contributed by atoms with van der Waals surface area (Å²) >= 11 is 13.1. The van der Waals surface area contributed by atoms with Crippen molar-refractivity contribution in [2.75, 3.05) is 19.5 Å². The Kier molecular flexibility index (Phi) is 11.1. The number of hydrogen-bond donors (Lipinski definition) is 2. The maximum absolute atomic E-state index is 14.4. The minimum absolute atomic E-state index is 0.0637. The van der Waals surface area contributed by atoms with E-state index in [2.05, 4.69) is 16.8 Å². The molecule has 258 valence electrons. The highest BCUT2D eigenvalue weighted by atomic mass is 35.5. The third kappa shape index (κ3) is 8.33. The fourth-order valence-corrected chi connectivity index (χ4v) is 7.87. The van der Waals surface area contributed by atoms with Crippen molar-refractivity contribution in [1.29, 1.82) is 0 Å². The van der Waals surface area contributed by atoms with Gasteiger partial charge in [0, 0.05) is 47.1 Å². The molecule has 2 heterocycles. The summed E-state index contributed by atoms with van der Waals surface area (Å²) in [5, 5.41) is 0.672. The van der Waals surface area contributed by atoms with Crippen LogP contribution in [0.15, 0.2) is 78.1 Å². The number of nitrogens with one attached hydrogen (secondary N) is 2. The van der Waals surface area contributed by atoms with Crippen LogP contribution in [0.4, 0.5) is 0 Å². The van der Waals surface area contributed by atoms with Gasteiger partial charge in [-0.1, -0.05) is 73.0 Å². The Morgan fingerprint density at radius 3 is 2.60 bits per heavy atom. The molecule has 2 aromatic rings. The summed E-state index contributed by atoms with van der Waals surface area (Å²) in [6.45, 7) is 9.90. The van der Waals surface area contributed by atoms with Gasteiger partial charge in [0.05, 0.1) is 31.4 Å². The Morgan fingerprint density at radius 1 is 1.15 bits per heavy atom. The van der Waals surface area contributed by atoms with Crippen molar-refractivity contribution in [3.8, 4) is 0 Å². The zero-order valence-electron chi connectivity index (χ0n) is 27.4. The summed E-state index contributed by atoms with van der Waals surface area (Å²) in [7, 11) is -3.60. The molecule has 4 atom stereocenters. The van der Waals surface area contributed by atoms with E-state index in [4.69, 9.17) is 37.5 Å². The van der Waals surface area contributed by atoms with Gasteiger partial charge in [-0.25, -0.2) is 18.6 Å². The molecule has 5 rings (SSSR count). The van der Waals surface area contributed by atoms with Crippen LogP contribution in [-0.4, -0.2) is 62.5 Å². The van der Waals surface area contributed by atoms with E-state index in [0.717, 1.165) is 24.7 Å². The molecule has 0 radical (unpaired) electrons. The predicted octanol–water partition coefficient (Wildman–Crippen LogP) is 6.35. The lowest BCUT2D eigenvalue weighted by molar-refractivity contribution is -0.201. The quantitative estimate of drug-likeness (QED) is 0.290. The van der Waals surface area contributed by atoms with Crippen molar-refractivity contribution in [2.45, 2.75) is 76.3 Å². The molecule has 2 aliphatic heterocycles. The number of hydroxylamine groups is 1. The van der Waals surface area contributed by atoms with Crippen LogP contribution in [0.25, 0.3) is 0 Å². The van der Waals surface area contributed by atoms with Crippen molar-refractivity contribution in [3.63, 3.8) is 0 Å². The fourth-order valence-electron chi connectivity index (χ4n) is 6.53. The second-order valence-corrected chi connectivity index (χ2v) is 15.6. The van der Waals surface area contributed by atoms with E-state index in [1.807, 2.05) is 26.8 Å². The van der Waals surface area contributed by atoms with Crippen molar-refractivity contribution in [3.05, 3.63) is 105 Å². The van der Waals surface area contributed by atoms with Crippen molar-refractivity contribution >= 4 is 45.0 Å². The summed E-state index contributed by atoms with van der Waals surface area (Å²) in [6.07, 6.45) is 7.36. The van der Waals surface area contributed by atoms with Gasteiger partial charge < -0.3 is 14.4 Å². The minimum Gasteiger partial charge on any atom is -0.463 e. The third-order valence-corrected chi connectivity index (χ3v) is 9.98. The highest BCUT2D eigenvalue weighted by Crippen LogP contribution is 2.48. The van der Waals surface area contributed by atoms with Gasteiger partial charge >= 0.3 is 0 Å². The van der Waals surface area contributed by atoms with Crippen LogP contribution in [0.3, 0.4) is 0 Å². The number of allylic oxidation sites excluding steroid dienone is 2. The lowest BCUT2D eigenvalue weighted by Gasteiger charge is -2.49. The summed E-state index contributed by atoms with van der Waals surface area (Å²) in [5.74, 6) is -1.93. The van der Waals surface area contributed by atoms with E-state index >= 15 is 0 Å². The molecule has 0 spiro atoms. The van der Waals surface area contributed by atoms with Gasteiger partial charge in [0.25, 0.3) is 11.8 Å². The van der Waals surface area contributed by atoms with Crippen molar-refractivity contribution < 1.29 is 32.3 Å². The summed E-state index contributed by atoms with van der Waals surface area (Å²) < 4.78 is 39.0. The van der Waals surface area contributed by atoms with E-state index in [1.54, 1.807) is 53.4 Å². The molecule has 1 saturated heterocycles. The molecule has 1 saturated carbocycles. The maximum atomic E-state index is 14.4. The van der Waals surface area contributed by atoms with Crippen molar-refractivity contribution in [2.24, 2.45) is 0 Å². The average Bonchev–Trinajstić information content (AvgIpc) is 3.01. The molecule has 3 aliphatic rings. The number of ether oxygens (including phenoxy) is 2. The van der Waals surface area contributed by atoms with Crippen LogP contribution in [-0.2, 0) is 29.1 Å². The third-order valence-electron chi connectivity index (χ3n) is 8.68. The van der Waals surface area contributed by atoms with Crippen molar-refractivity contribution in [1.82, 2.24) is 15.1 Å². The number of sulfonamides is 1. The highest BCUT2D eigenvalue weighted by Gasteiger charge is 2.49. The van der Waals surface area contributed by atoms with Gasteiger partial charge in [0.1, 0.15) is 5.76 Å². The number of carbonyl (C=O) groups is 2. The van der Waals surface area contributed by atoms with Crippen LogP contribution in [0.2, 0.25) is 10.0 Å². The molecule has 13 heteroatoms. The number of hydrogen-bond acceptors (Lipinski definition) is 7. The molecular formula is C35H41Cl2N3O7S. The lowest BCUT2D eigenvalue weighted by Crippen LogP contribution is -2.59. The van der Waals surface area contributed by atoms with Gasteiger partial charge in [0.15, 0.2) is 0 Å². The van der Waals surface area contributed by atoms with Crippen LogP contribution >= 0.6 is 23.2 Å². The first-order valence-corrected chi connectivity index (χ1v) is 18.4. The smallest absolute Gasteiger partial charge is 0.255 e. The first kappa shape index (κ1) is 36.1. The number of carbonyl (C=O) groups excluding carboxylic acids is 2. The monoisotopic (exact) mass is 717 g/mol. The van der Waals surface area contributed by atoms with Gasteiger partial charge in [-0.05, 0) is 60.7 Å². The Morgan fingerprint density at radius 2 is 1.88 bits per heavy atom. The SMILES string of the molecule is C=C1COC(C)(C)O/C1=C/C=C(\C)CONC(=O)[C@@H]1c2ccccc2C(=O)N([C@H]2CCCC[C@@H]2NS(C)(=O)=O)[C@H]1c1ccc(Cl)cc1Cl. The summed E-state index contributed by atoms with van der Waals surface area (Å²) in [6, 6.07) is 9.88. The lowest BCUT2D eigenvalue weighted by atomic mass is 9.76. The number of benzene rings is 2. The standard InChI is InChI=1S/C35H41Cl2N3O7S/c1-21(14-17-30-22(2)20-45-35(3,4)47-30)19-46-38-33(41)31-24-10-6-7-11-25(24)34(42)40(32(31)26-16-15-23(36)18-27(26)37)29-13-9-8-12-28(29)39-48(5,43)44/h6-7,10-11,14-18,28-29,31-32,39H,2,8-9,12-13,19-20H2,1,3-5H3,(H,38,41)/b21-14+,30-17+/t28-,29-,31+,32-/m0/s1. The second kappa shape index (κ2) is 14.7. The Balaban J connectivity index is 1.48. The zero-order chi connectivity index (χ0) is 34.8.